The number of H-pyrrole nitrogens is 1. The van der Waals surface area contributed by atoms with Crippen molar-refractivity contribution >= 4 is 17.4 Å². The molecule has 27 heavy (non-hydrogen) atoms. The lowest BCUT2D eigenvalue weighted by Crippen LogP contribution is -2.48. The van der Waals surface area contributed by atoms with E-state index >= 15 is 0 Å². The third-order valence-corrected chi connectivity index (χ3v) is 5.14. The summed E-state index contributed by atoms with van der Waals surface area (Å²) >= 11 is 0. The van der Waals surface area contributed by atoms with Gasteiger partial charge in [0.1, 0.15) is 5.82 Å². The van der Waals surface area contributed by atoms with Crippen molar-refractivity contribution in [3.8, 4) is 0 Å². The number of hydrogen-bond acceptors (Lipinski definition) is 5. The molecule has 0 aromatic carbocycles. The van der Waals surface area contributed by atoms with Crippen molar-refractivity contribution in [2.24, 2.45) is 11.8 Å². The molecule has 1 aromatic heterocycles. The quantitative estimate of drug-likeness (QED) is 0.742. The largest absolute Gasteiger partial charge is 0.383 e. The highest BCUT2D eigenvalue weighted by Crippen LogP contribution is 2.22. The fourth-order valence-corrected chi connectivity index (χ4v) is 4.03. The summed E-state index contributed by atoms with van der Waals surface area (Å²) in [4.78, 5) is 43.3. The van der Waals surface area contributed by atoms with Crippen LogP contribution in [0.5, 0.6) is 0 Å². The third kappa shape index (κ3) is 5.00. The standard InChI is InChI=1S/C19H33N5O3/c1-5-7-8-24-17(20)16(18(26)21-19(24)27)23(6-2)15(25)12-22-10-13(3)9-14(4)11-22/h13-14H,5-12,20H2,1-4H3,(H,21,26,27). The van der Waals surface area contributed by atoms with Crippen LogP contribution >= 0.6 is 0 Å². The minimum Gasteiger partial charge on any atom is -0.383 e. The SMILES string of the molecule is CCCCn1c(N)c(N(CC)C(=O)CN2CC(C)CC(C)C2)c(=O)[nH]c1=O. The second-order valence-corrected chi connectivity index (χ2v) is 7.78. The number of amides is 1. The van der Waals surface area contributed by atoms with Crippen LogP contribution < -0.4 is 21.9 Å². The molecule has 8 nitrogen and oxygen atoms in total. The second-order valence-electron chi connectivity index (χ2n) is 7.78. The number of nitrogens with two attached hydrogens (primary N) is 1. The summed E-state index contributed by atoms with van der Waals surface area (Å²) in [7, 11) is 0. The van der Waals surface area contributed by atoms with Crippen LogP contribution in [0.4, 0.5) is 11.5 Å². The molecule has 1 aliphatic heterocycles. The van der Waals surface area contributed by atoms with Gasteiger partial charge in [-0.25, -0.2) is 4.79 Å². The second kappa shape index (κ2) is 9.21. The highest BCUT2D eigenvalue weighted by Gasteiger charge is 2.27. The Morgan fingerprint density at radius 1 is 1.22 bits per heavy atom. The average molecular weight is 380 g/mol. The van der Waals surface area contributed by atoms with Gasteiger partial charge in [0, 0.05) is 26.2 Å². The minimum atomic E-state index is -0.610. The van der Waals surface area contributed by atoms with E-state index in [2.05, 4.69) is 23.7 Å². The van der Waals surface area contributed by atoms with Crippen LogP contribution in [0.2, 0.25) is 0 Å². The number of likely N-dealkylation sites (tertiary alicyclic amines) is 1. The van der Waals surface area contributed by atoms with Crippen molar-refractivity contribution in [3.63, 3.8) is 0 Å². The minimum absolute atomic E-state index is 0.0628. The van der Waals surface area contributed by atoms with Crippen LogP contribution in [0.15, 0.2) is 9.59 Å². The molecule has 152 valence electrons. The van der Waals surface area contributed by atoms with Crippen LogP contribution in [0.3, 0.4) is 0 Å². The molecule has 0 radical (unpaired) electrons. The maximum atomic E-state index is 13.0. The fraction of sp³-hybridized carbons (Fsp3) is 0.737. The molecule has 1 fully saturated rings. The smallest absolute Gasteiger partial charge is 0.330 e. The Morgan fingerprint density at radius 3 is 2.41 bits per heavy atom. The first-order valence-electron chi connectivity index (χ1n) is 9.93. The summed E-state index contributed by atoms with van der Waals surface area (Å²) in [5.41, 5.74) is 5.09. The number of rotatable bonds is 7. The number of hydrogen-bond donors (Lipinski definition) is 2. The summed E-state index contributed by atoms with van der Waals surface area (Å²) in [5, 5.41) is 0. The number of nitrogens with zero attached hydrogens (tertiary/aromatic N) is 3. The Hall–Kier alpha value is -2.09. The van der Waals surface area contributed by atoms with Crippen LogP contribution in [-0.2, 0) is 11.3 Å². The Labute approximate surface area is 160 Å². The molecular formula is C19H33N5O3. The number of piperidine rings is 1. The average Bonchev–Trinajstić information content (AvgIpc) is 2.57. The summed E-state index contributed by atoms with van der Waals surface area (Å²) < 4.78 is 1.35. The molecule has 0 saturated carbocycles. The zero-order chi connectivity index (χ0) is 20.1. The molecular weight excluding hydrogens is 346 g/mol. The number of likely N-dealkylation sites (N-methyl/N-ethyl adjacent to an activating group) is 1. The normalized spacial score (nSPS) is 20.6. The van der Waals surface area contributed by atoms with E-state index in [0.29, 0.717) is 24.9 Å². The predicted molar refractivity (Wildman–Crippen MR) is 108 cm³/mol. The highest BCUT2D eigenvalue weighted by atomic mass is 16.2. The number of nitrogen functional groups attached to an aromatic ring is 1. The first-order chi connectivity index (χ1) is 12.8. The molecule has 8 heteroatoms. The van der Waals surface area contributed by atoms with E-state index in [0.717, 1.165) is 32.4 Å². The molecule has 1 aliphatic rings. The van der Waals surface area contributed by atoms with Crippen LogP contribution in [0.1, 0.15) is 47.0 Å². The van der Waals surface area contributed by atoms with Crippen molar-refractivity contribution in [3.05, 3.63) is 20.8 Å². The molecule has 1 saturated heterocycles. The van der Waals surface area contributed by atoms with Gasteiger partial charge in [-0.05, 0) is 31.6 Å². The van der Waals surface area contributed by atoms with Gasteiger partial charge in [-0.2, -0.15) is 0 Å². The number of unbranched alkanes of at least 4 members (excludes halogenated alkanes) is 1. The summed E-state index contributed by atoms with van der Waals surface area (Å²) in [6.07, 6.45) is 2.82. The predicted octanol–water partition coefficient (Wildman–Crippen LogP) is 1.25. The maximum absolute atomic E-state index is 13.0. The van der Waals surface area contributed by atoms with E-state index in [1.165, 1.54) is 9.47 Å². The molecule has 0 aliphatic carbocycles. The Kier molecular flexibility index (Phi) is 7.24. The van der Waals surface area contributed by atoms with E-state index in [9.17, 15) is 14.4 Å². The number of carbonyl (C=O) groups is 1. The number of anilines is 2. The number of aromatic nitrogens is 2. The number of nitrogens with one attached hydrogen (secondary N) is 1. The highest BCUT2D eigenvalue weighted by molar-refractivity contribution is 5.96. The zero-order valence-corrected chi connectivity index (χ0v) is 17.0. The van der Waals surface area contributed by atoms with Gasteiger partial charge in [0.05, 0.1) is 6.54 Å². The summed E-state index contributed by atoms with van der Waals surface area (Å²) in [6.45, 7) is 10.9. The molecule has 1 aromatic rings. The van der Waals surface area contributed by atoms with E-state index in [-0.39, 0.29) is 24.0 Å². The van der Waals surface area contributed by atoms with Crippen molar-refractivity contribution < 1.29 is 4.79 Å². The van der Waals surface area contributed by atoms with Crippen molar-refractivity contribution in [2.75, 3.05) is 36.8 Å². The molecule has 2 unspecified atom stereocenters. The Bertz CT molecular complexity index is 760. The lowest BCUT2D eigenvalue weighted by molar-refractivity contribution is -0.120. The lowest BCUT2D eigenvalue weighted by Gasteiger charge is -2.35. The van der Waals surface area contributed by atoms with E-state index in [4.69, 9.17) is 5.73 Å². The maximum Gasteiger partial charge on any atom is 0.330 e. The lowest BCUT2D eigenvalue weighted by atomic mass is 9.92. The molecule has 2 atom stereocenters. The molecule has 0 bridgehead atoms. The van der Waals surface area contributed by atoms with E-state index < -0.39 is 11.2 Å². The monoisotopic (exact) mass is 379 g/mol. The van der Waals surface area contributed by atoms with Crippen LogP contribution in [0, 0.1) is 11.8 Å². The van der Waals surface area contributed by atoms with Crippen LogP contribution in [0.25, 0.3) is 0 Å². The number of carbonyl (C=O) groups excluding carboxylic acids is 1. The van der Waals surface area contributed by atoms with E-state index in [1.54, 1.807) is 6.92 Å². The summed E-state index contributed by atoms with van der Waals surface area (Å²) in [5.74, 6) is 0.978. The van der Waals surface area contributed by atoms with Crippen molar-refractivity contribution in [1.82, 2.24) is 14.5 Å². The van der Waals surface area contributed by atoms with Crippen LogP contribution in [-0.4, -0.2) is 46.5 Å². The van der Waals surface area contributed by atoms with Gasteiger partial charge in [0.2, 0.25) is 5.91 Å². The molecule has 1 amide bonds. The van der Waals surface area contributed by atoms with Gasteiger partial charge in [-0.15, -0.1) is 0 Å². The zero-order valence-electron chi connectivity index (χ0n) is 17.0. The molecule has 2 rings (SSSR count). The fourth-order valence-electron chi connectivity index (χ4n) is 4.03. The molecule has 3 N–H and O–H groups in total. The Morgan fingerprint density at radius 2 is 1.85 bits per heavy atom. The number of aromatic amines is 1. The first-order valence-corrected chi connectivity index (χ1v) is 9.93. The first kappa shape index (κ1) is 21.2. The Balaban J connectivity index is 2.29. The van der Waals surface area contributed by atoms with Gasteiger partial charge in [-0.3, -0.25) is 24.0 Å². The van der Waals surface area contributed by atoms with Crippen molar-refractivity contribution in [2.45, 2.75) is 53.5 Å². The van der Waals surface area contributed by atoms with Gasteiger partial charge < -0.3 is 10.6 Å². The van der Waals surface area contributed by atoms with Gasteiger partial charge in [0.15, 0.2) is 5.69 Å². The summed E-state index contributed by atoms with van der Waals surface area (Å²) in [6, 6.07) is 0. The van der Waals surface area contributed by atoms with Gasteiger partial charge >= 0.3 is 5.69 Å². The molecule has 2 heterocycles. The molecule has 0 spiro atoms. The third-order valence-electron chi connectivity index (χ3n) is 5.14. The van der Waals surface area contributed by atoms with Gasteiger partial charge in [-0.1, -0.05) is 27.2 Å². The van der Waals surface area contributed by atoms with Crippen molar-refractivity contribution in [1.29, 1.82) is 0 Å². The topological polar surface area (TPSA) is 104 Å². The van der Waals surface area contributed by atoms with E-state index in [1.807, 2.05) is 6.92 Å². The van der Waals surface area contributed by atoms with Gasteiger partial charge in [0.25, 0.3) is 5.56 Å².